The Labute approximate surface area is 574 Å². The van der Waals surface area contributed by atoms with E-state index in [4.69, 9.17) is 28.4 Å². The molecule has 562 valence electrons. The lowest BCUT2D eigenvalue weighted by Crippen LogP contribution is -2.70. The molecule has 3 aliphatic rings. The third-order valence-corrected chi connectivity index (χ3v) is 19.1. The van der Waals surface area contributed by atoms with Gasteiger partial charge in [0.1, 0.15) is 67.1 Å². The largest absolute Gasteiger partial charge is 0.477 e. The summed E-state index contributed by atoms with van der Waals surface area (Å²) in [6.07, 6.45) is 26.4. The maximum absolute atomic E-state index is 13.5. The molecule has 0 bridgehead atoms. The molecular formula is C73H134N2O21. The fourth-order valence-electron chi connectivity index (χ4n) is 13.1. The first kappa shape index (κ1) is 87.4. The summed E-state index contributed by atoms with van der Waals surface area (Å²) in [4.78, 5) is 38.6. The van der Waals surface area contributed by atoms with Gasteiger partial charge in [0.25, 0.3) is 5.79 Å². The lowest BCUT2D eigenvalue weighted by atomic mass is 9.88. The van der Waals surface area contributed by atoms with E-state index in [0.717, 1.165) is 77.6 Å². The lowest BCUT2D eigenvalue weighted by molar-refractivity contribution is -0.386. The topological polar surface area (TPSA) is 373 Å². The monoisotopic (exact) mass is 1370 g/mol. The van der Waals surface area contributed by atoms with E-state index in [0.29, 0.717) is 12.8 Å². The second kappa shape index (κ2) is 53.1. The molecular weight excluding hydrogens is 1240 g/mol. The molecule has 3 fully saturated rings. The van der Waals surface area contributed by atoms with Crippen LogP contribution in [0.1, 0.15) is 284 Å². The van der Waals surface area contributed by atoms with Crippen molar-refractivity contribution in [2.45, 2.75) is 394 Å². The van der Waals surface area contributed by atoms with Crippen LogP contribution >= 0.6 is 0 Å². The number of aliphatic hydroxyl groups is 11. The van der Waals surface area contributed by atoms with Crippen LogP contribution in [-0.2, 0) is 42.8 Å². The predicted octanol–water partition coefficient (Wildman–Crippen LogP) is 8.40. The number of aliphatic carboxylic acids is 1. The number of amides is 2. The smallest absolute Gasteiger partial charge is 0.364 e. The average Bonchev–Trinajstić information content (AvgIpc) is 0.758. The molecule has 3 heterocycles. The Bertz CT molecular complexity index is 2030. The van der Waals surface area contributed by atoms with Crippen LogP contribution in [0.3, 0.4) is 0 Å². The predicted molar refractivity (Wildman–Crippen MR) is 366 cm³/mol. The summed E-state index contributed by atoms with van der Waals surface area (Å²) < 4.78 is 34.8. The molecule has 0 aromatic rings. The molecule has 3 rings (SSSR count). The summed E-state index contributed by atoms with van der Waals surface area (Å²) in [7, 11) is 0. The van der Waals surface area contributed by atoms with Gasteiger partial charge in [-0.3, -0.25) is 9.59 Å². The van der Waals surface area contributed by atoms with Gasteiger partial charge in [-0.2, -0.15) is 0 Å². The van der Waals surface area contributed by atoms with E-state index in [1.54, 1.807) is 6.08 Å². The van der Waals surface area contributed by atoms with Crippen molar-refractivity contribution < 1.29 is 104 Å². The van der Waals surface area contributed by atoms with Crippen molar-refractivity contribution in [2.24, 2.45) is 0 Å². The van der Waals surface area contributed by atoms with E-state index in [-0.39, 0.29) is 12.3 Å². The first-order valence-electron chi connectivity index (χ1n) is 37.7. The molecule has 18 atom stereocenters. The number of ether oxygens (including phenoxy) is 6. The van der Waals surface area contributed by atoms with Crippen LogP contribution in [-0.4, -0.2) is 215 Å². The zero-order valence-electron chi connectivity index (χ0n) is 59.0. The van der Waals surface area contributed by atoms with Crippen LogP contribution in [0, 0.1) is 0 Å². The molecule has 23 nitrogen and oxygen atoms in total. The number of carbonyl (C=O) groups is 3. The number of carbonyl (C=O) groups excluding carboxylic acids is 2. The van der Waals surface area contributed by atoms with Gasteiger partial charge in [0.2, 0.25) is 11.8 Å². The third-order valence-electron chi connectivity index (χ3n) is 19.1. The molecule has 14 N–H and O–H groups in total. The Morgan fingerprint density at radius 3 is 1.42 bits per heavy atom. The maximum atomic E-state index is 13.5. The van der Waals surface area contributed by atoms with Gasteiger partial charge in [-0.15, -0.1) is 0 Å². The number of hydrogen-bond donors (Lipinski definition) is 14. The number of hydrogen-bond acceptors (Lipinski definition) is 20. The van der Waals surface area contributed by atoms with Crippen LogP contribution in [0.15, 0.2) is 24.3 Å². The highest BCUT2D eigenvalue weighted by Gasteiger charge is 2.60. The Morgan fingerprint density at radius 1 is 0.542 bits per heavy atom. The molecule has 23 heteroatoms. The first-order valence-corrected chi connectivity index (χ1v) is 37.7. The zero-order valence-corrected chi connectivity index (χ0v) is 59.0. The first-order chi connectivity index (χ1) is 46.4. The Kier molecular flexibility index (Phi) is 48.3. The van der Waals surface area contributed by atoms with E-state index in [1.807, 2.05) is 6.08 Å². The van der Waals surface area contributed by atoms with Crippen LogP contribution in [0.4, 0.5) is 0 Å². The fourth-order valence-corrected chi connectivity index (χ4v) is 13.1. The highest BCUT2D eigenvalue weighted by molar-refractivity contribution is 5.77. The number of carboxylic acids is 1. The lowest BCUT2D eigenvalue weighted by Gasteiger charge is -2.50. The summed E-state index contributed by atoms with van der Waals surface area (Å²) in [6.45, 7) is 2.16. The van der Waals surface area contributed by atoms with Crippen molar-refractivity contribution in [1.29, 1.82) is 0 Å². The van der Waals surface area contributed by atoms with Crippen LogP contribution in [0.5, 0.6) is 0 Å². The number of allylic oxidation sites excluding steroid dienone is 3. The van der Waals surface area contributed by atoms with Gasteiger partial charge in [-0.25, -0.2) is 4.79 Å². The summed E-state index contributed by atoms with van der Waals surface area (Å²) >= 11 is 0. The van der Waals surface area contributed by atoms with E-state index >= 15 is 0 Å². The second-order valence-electron chi connectivity index (χ2n) is 27.5. The Hall–Kier alpha value is -2.79. The Morgan fingerprint density at radius 2 is 0.979 bits per heavy atom. The summed E-state index contributed by atoms with van der Waals surface area (Å²) in [5.41, 5.74) is 0. The fraction of sp³-hybridized carbons (Fsp3) is 0.904. The highest BCUT2D eigenvalue weighted by atomic mass is 16.8. The standard InChI is InChI=1S/C73H134N2O21/c1-4-6-8-10-12-14-16-18-20-22-23-24-25-26-27-28-29-31-32-34-36-38-40-42-44-46-55(80)54(75-60(83)47-45-43-41-39-37-35-33-30-21-19-17-15-13-11-9-7-5-2)52-91-70-65(87)64(86)67(59(51-78)93-70)94-71-66(88)69(63(85)58(50-77)92-71)96-73(72(89)90)48-56(81)61(74-53(3)79)68(95-73)62(84)57(82)49-76/h19,21,44,46,54-59,61-71,76-78,80-82,84-88H,4-18,20,22-43,45,47-52H2,1-3H3,(H,74,79)(H,75,83)(H,89,90)/b21-19-,46-44+. The molecule has 3 aliphatic heterocycles. The minimum absolute atomic E-state index is 0.196. The summed E-state index contributed by atoms with van der Waals surface area (Å²) in [5, 5.41) is 136. The number of unbranched alkanes of at least 4 members (excludes halogenated alkanes) is 36. The van der Waals surface area contributed by atoms with Crippen molar-refractivity contribution in [1.82, 2.24) is 10.6 Å². The molecule has 96 heavy (non-hydrogen) atoms. The van der Waals surface area contributed by atoms with Gasteiger partial charge in [0.05, 0.1) is 50.7 Å². The molecule has 0 aromatic carbocycles. The minimum Gasteiger partial charge on any atom is -0.477 e. The number of carboxylic acid groups (broad SMARTS) is 1. The molecule has 18 unspecified atom stereocenters. The van der Waals surface area contributed by atoms with Gasteiger partial charge < -0.3 is 100 Å². The zero-order chi connectivity index (χ0) is 70.4. The van der Waals surface area contributed by atoms with Crippen molar-refractivity contribution in [3.63, 3.8) is 0 Å². The number of nitrogens with one attached hydrogen (secondary N) is 2. The normalized spacial score (nSPS) is 27.7. The molecule has 2 amide bonds. The summed E-state index contributed by atoms with van der Waals surface area (Å²) in [6, 6.07) is -2.62. The van der Waals surface area contributed by atoms with Gasteiger partial charge in [-0.05, 0) is 44.9 Å². The molecule has 0 aliphatic carbocycles. The molecule has 3 saturated heterocycles. The SMILES string of the molecule is CCCCCCCC/C=C\CCCCCCCCCC(=O)NC(COC1OC(CO)C(OC2OC(CO)C(O)C(OC3(C(=O)O)CC(O)C(NC(C)=O)C(C(O)C(O)CO)O3)C2O)C(O)C1O)C(O)/C=C/CCCCCCCCCCCCCCCCCCCCCCCCC. The Balaban J connectivity index is 1.56. The minimum atomic E-state index is -3.08. The third kappa shape index (κ3) is 34.3. The molecule has 0 aromatic heterocycles. The van der Waals surface area contributed by atoms with Crippen LogP contribution in [0.25, 0.3) is 0 Å². The van der Waals surface area contributed by atoms with Crippen molar-refractivity contribution in [2.75, 3.05) is 26.4 Å². The quantitative estimate of drug-likeness (QED) is 0.0201. The molecule has 0 spiro atoms. The van der Waals surface area contributed by atoms with E-state index in [2.05, 4.69) is 36.6 Å². The average molecular weight is 1380 g/mol. The highest BCUT2D eigenvalue weighted by Crippen LogP contribution is 2.39. The maximum Gasteiger partial charge on any atom is 0.364 e. The van der Waals surface area contributed by atoms with Crippen LogP contribution < -0.4 is 10.6 Å². The van der Waals surface area contributed by atoms with Crippen LogP contribution in [0.2, 0.25) is 0 Å². The number of aliphatic hydroxyl groups excluding tert-OH is 11. The summed E-state index contributed by atoms with van der Waals surface area (Å²) in [5.74, 6) is -6.14. The van der Waals surface area contributed by atoms with Gasteiger partial charge >= 0.3 is 5.97 Å². The molecule has 0 saturated carbocycles. The van der Waals surface area contributed by atoms with E-state index in [1.165, 1.54) is 167 Å². The second-order valence-corrected chi connectivity index (χ2v) is 27.5. The van der Waals surface area contributed by atoms with Gasteiger partial charge in [0.15, 0.2) is 12.6 Å². The van der Waals surface area contributed by atoms with E-state index in [9.17, 15) is 75.7 Å². The van der Waals surface area contributed by atoms with Crippen molar-refractivity contribution >= 4 is 17.8 Å². The van der Waals surface area contributed by atoms with Crippen molar-refractivity contribution in [3.8, 4) is 0 Å². The van der Waals surface area contributed by atoms with Crippen molar-refractivity contribution in [3.05, 3.63) is 24.3 Å². The van der Waals surface area contributed by atoms with Gasteiger partial charge in [-0.1, -0.05) is 244 Å². The molecule has 0 radical (unpaired) electrons. The number of rotatable bonds is 58. The van der Waals surface area contributed by atoms with E-state index < -0.39 is 155 Å². The van der Waals surface area contributed by atoms with Gasteiger partial charge in [0, 0.05) is 19.8 Å².